The summed E-state index contributed by atoms with van der Waals surface area (Å²) in [5, 5.41) is 5.48. The monoisotopic (exact) mass is 344 g/mol. The average Bonchev–Trinajstić information content (AvgIpc) is 2.62. The minimum absolute atomic E-state index is 0.246. The van der Waals surface area contributed by atoms with Gasteiger partial charge >= 0.3 is 0 Å². The molecule has 0 aliphatic rings. The highest BCUT2D eigenvalue weighted by Gasteiger charge is 2.18. The number of halogens is 1. The lowest BCUT2D eigenvalue weighted by Gasteiger charge is -2.16. The van der Waals surface area contributed by atoms with Crippen LogP contribution in [0.4, 0.5) is 10.1 Å². The summed E-state index contributed by atoms with van der Waals surface area (Å²) in [5.74, 6) is -0.639. The Morgan fingerprint density at radius 3 is 2.48 bits per heavy atom. The third kappa shape index (κ3) is 5.31. The van der Waals surface area contributed by atoms with Crippen molar-refractivity contribution in [1.82, 2.24) is 5.32 Å². The van der Waals surface area contributed by atoms with Crippen LogP contribution in [0.25, 0.3) is 0 Å². The summed E-state index contributed by atoms with van der Waals surface area (Å²) < 4.78 is 18.4. The lowest BCUT2D eigenvalue weighted by Crippen LogP contribution is -2.32. The summed E-state index contributed by atoms with van der Waals surface area (Å²) in [4.78, 5) is 24.5. The van der Waals surface area contributed by atoms with E-state index in [1.165, 1.54) is 24.3 Å². The molecular formula is C19H21FN2O3. The van der Waals surface area contributed by atoms with Gasteiger partial charge in [-0.2, -0.15) is 0 Å². The topological polar surface area (TPSA) is 67.4 Å². The van der Waals surface area contributed by atoms with Gasteiger partial charge in [-0.1, -0.05) is 19.1 Å². The van der Waals surface area contributed by atoms with Crippen molar-refractivity contribution in [3.8, 4) is 5.75 Å². The second-order valence-corrected chi connectivity index (χ2v) is 5.50. The molecule has 6 heteroatoms. The number of benzene rings is 2. The number of hydrogen-bond acceptors (Lipinski definition) is 3. The molecule has 0 unspecified atom stereocenters. The van der Waals surface area contributed by atoms with Crippen molar-refractivity contribution in [2.75, 3.05) is 11.9 Å². The fraction of sp³-hybridized carbons (Fsp3) is 0.263. The summed E-state index contributed by atoms with van der Waals surface area (Å²) in [6.45, 7) is 4.10. The molecule has 0 saturated carbocycles. The number of nitrogens with one attached hydrogen (secondary N) is 2. The van der Waals surface area contributed by atoms with E-state index in [-0.39, 0.29) is 11.7 Å². The number of rotatable bonds is 7. The van der Waals surface area contributed by atoms with Crippen LogP contribution in [0.1, 0.15) is 30.6 Å². The quantitative estimate of drug-likeness (QED) is 0.809. The SMILES string of the molecule is CCCNC(=O)c1ccccc1NC(=O)[C@H](C)Oc1ccc(F)cc1. The predicted molar refractivity (Wildman–Crippen MR) is 94.2 cm³/mol. The zero-order chi connectivity index (χ0) is 18.2. The summed E-state index contributed by atoms with van der Waals surface area (Å²) in [6.07, 6.45) is 0.0141. The molecule has 2 amide bonds. The molecule has 0 bridgehead atoms. The van der Waals surface area contributed by atoms with E-state index in [9.17, 15) is 14.0 Å². The van der Waals surface area contributed by atoms with Gasteiger partial charge in [-0.3, -0.25) is 9.59 Å². The molecule has 2 rings (SSSR count). The molecule has 2 N–H and O–H groups in total. The Bertz CT molecular complexity index is 732. The normalized spacial score (nSPS) is 11.5. The van der Waals surface area contributed by atoms with E-state index in [2.05, 4.69) is 10.6 Å². The van der Waals surface area contributed by atoms with Gasteiger partial charge in [-0.25, -0.2) is 4.39 Å². The van der Waals surface area contributed by atoms with Crippen LogP contribution in [0.5, 0.6) is 5.75 Å². The maximum atomic E-state index is 12.9. The molecule has 5 nitrogen and oxygen atoms in total. The Kier molecular flexibility index (Phi) is 6.51. The third-order valence-electron chi connectivity index (χ3n) is 3.46. The smallest absolute Gasteiger partial charge is 0.265 e. The Labute approximate surface area is 146 Å². The van der Waals surface area contributed by atoms with Crippen LogP contribution in [0, 0.1) is 5.82 Å². The Hall–Kier alpha value is -2.89. The van der Waals surface area contributed by atoms with E-state index in [4.69, 9.17) is 4.74 Å². The first-order chi connectivity index (χ1) is 12.0. The van der Waals surface area contributed by atoms with Gasteiger partial charge in [0.15, 0.2) is 6.10 Å². The second kappa shape index (κ2) is 8.82. The predicted octanol–water partition coefficient (Wildman–Crippen LogP) is 3.37. The van der Waals surface area contributed by atoms with E-state index < -0.39 is 12.0 Å². The minimum atomic E-state index is -0.808. The molecule has 2 aromatic rings. The van der Waals surface area contributed by atoms with Crippen molar-refractivity contribution < 1.29 is 18.7 Å². The highest BCUT2D eigenvalue weighted by atomic mass is 19.1. The maximum absolute atomic E-state index is 12.9. The number of anilines is 1. The Balaban J connectivity index is 2.04. The van der Waals surface area contributed by atoms with Gasteiger partial charge in [-0.15, -0.1) is 0 Å². The van der Waals surface area contributed by atoms with Crippen LogP contribution in [0.2, 0.25) is 0 Å². The van der Waals surface area contributed by atoms with Crippen molar-refractivity contribution in [1.29, 1.82) is 0 Å². The first-order valence-electron chi connectivity index (χ1n) is 8.11. The van der Waals surface area contributed by atoms with Crippen LogP contribution in [-0.4, -0.2) is 24.5 Å². The minimum Gasteiger partial charge on any atom is -0.481 e. The van der Waals surface area contributed by atoms with Gasteiger partial charge < -0.3 is 15.4 Å². The van der Waals surface area contributed by atoms with E-state index in [1.807, 2.05) is 6.92 Å². The van der Waals surface area contributed by atoms with Crippen molar-refractivity contribution in [3.05, 3.63) is 59.9 Å². The number of amides is 2. The zero-order valence-electron chi connectivity index (χ0n) is 14.2. The number of para-hydroxylation sites is 1. The lowest BCUT2D eigenvalue weighted by molar-refractivity contribution is -0.122. The average molecular weight is 344 g/mol. The van der Waals surface area contributed by atoms with Crippen molar-refractivity contribution in [2.24, 2.45) is 0 Å². The van der Waals surface area contributed by atoms with Gasteiger partial charge in [0, 0.05) is 6.54 Å². The van der Waals surface area contributed by atoms with E-state index >= 15 is 0 Å². The van der Waals surface area contributed by atoms with Crippen molar-refractivity contribution in [2.45, 2.75) is 26.4 Å². The molecule has 25 heavy (non-hydrogen) atoms. The fourth-order valence-corrected chi connectivity index (χ4v) is 2.13. The van der Waals surface area contributed by atoms with Gasteiger partial charge in [0.1, 0.15) is 11.6 Å². The summed E-state index contributed by atoms with van der Waals surface area (Å²) in [5.41, 5.74) is 0.800. The first-order valence-corrected chi connectivity index (χ1v) is 8.11. The van der Waals surface area contributed by atoms with Crippen LogP contribution in [-0.2, 0) is 4.79 Å². The lowest BCUT2D eigenvalue weighted by atomic mass is 10.1. The van der Waals surface area contributed by atoms with Gasteiger partial charge in [0.05, 0.1) is 11.3 Å². The summed E-state index contributed by atoms with van der Waals surface area (Å²) in [7, 11) is 0. The molecule has 0 aliphatic heterocycles. The van der Waals surface area contributed by atoms with Crippen molar-refractivity contribution in [3.63, 3.8) is 0 Å². The molecule has 0 radical (unpaired) electrons. The fourth-order valence-electron chi connectivity index (χ4n) is 2.13. The second-order valence-electron chi connectivity index (χ2n) is 5.50. The molecule has 0 fully saturated rings. The molecule has 0 saturated heterocycles. The van der Waals surface area contributed by atoms with E-state index in [0.717, 1.165) is 6.42 Å². The van der Waals surface area contributed by atoms with Crippen LogP contribution >= 0.6 is 0 Å². The molecule has 0 heterocycles. The first kappa shape index (κ1) is 18.4. The largest absolute Gasteiger partial charge is 0.481 e. The van der Waals surface area contributed by atoms with E-state index in [0.29, 0.717) is 23.5 Å². The van der Waals surface area contributed by atoms with Crippen LogP contribution in [0.3, 0.4) is 0 Å². The summed E-state index contributed by atoms with van der Waals surface area (Å²) in [6, 6.07) is 12.2. The highest BCUT2D eigenvalue weighted by Crippen LogP contribution is 2.17. The van der Waals surface area contributed by atoms with Crippen LogP contribution < -0.4 is 15.4 Å². The van der Waals surface area contributed by atoms with E-state index in [1.54, 1.807) is 31.2 Å². The highest BCUT2D eigenvalue weighted by molar-refractivity contribution is 6.04. The Morgan fingerprint density at radius 2 is 1.80 bits per heavy atom. The molecular weight excluding hydrogens is 323 g/mol. The molecule has 0 spiro atoms. The Morgan fingerprint density at radius 1 is 1.12 bits per heavy atom. The standard InChI is InChI=1S/C19H21FN2O3/c1-3-12-21-19(24)16-6-4-5-7-17(16)22-18(23)13(2)25-15-10-8-14(20)9-11-15/h4-11,13H,3,12H2,1-2H3,(H,21,24)(H,22,23)/t13-/m0/s1. The molecule has 1 atom stereocenters. The van der Waals surface area contributed by atoms with Gasteiger partial charge in [-0.05, 0) is 49.7 Å². The molecule has 0 aliphatic carbocycles. The number of hydrogen-bond donors (Lipinski definition) is 2. The number of carbonyl (C=O) groups excluding carboxylic acids is 2. The summed E-state index contributed by atoms with van der Waals surface area (Å²) >= 11 is 0. The number of ether oxygens (including phenoxy) is 1. The van der Waals surface area contributed by atoms with Gasteiger partial charge in [0.2, 0.25) is 0 Å². The van der Waals surface area contributed by atoms with Gasteiger partial charge in [0.25, 0.3) is 11.8 Å². The van der Waals surface area contributed by atoms with Crippen molar-refractivity contribution >= 4 is 17.5 Å². The molecule has 0 aromatic heterocycles. The third-order valence-corrected chi connectivity index (χ3v) is 3.46. The maximum Gasteiger partial charge on any atom is 0.265 e. The molecule has 2 aromatic carbocycles. The van der Waals surface area contributed by atoms with Crippen LogP contribution in [0.15, 0.2) is 48.5 Å². The zero-order valence-corrected chi connectivity index (χ0v) is 14.2. The number of carbonyl (C=O) groups is 2. The molecule has 132 valence electrons.